The second kappa shape index (κ2) is 6.49. The minimum Gasteiger partial charge on any atom is -0.491 e. The van der Waals surface area contributed by atoms with E-state index in [2.05, 4.69) is 0 Å². The van der Waals surface area contributed by atoms with Crippen LogP contribution in [0.15, 0.2) is 12.1 Å². The van der Waals surface area contributed by atoms with Crippen LogP contribution in [0.5, 0.6) is 11.5 Å². The van der Waals surface area contributed by atoms with E-state index >= 15 is 0 Å². The lowest BCUT2D eigenvalue weighted by molar-refractivity contribution is 0.200. The normalized spacial score (nSPS) is 17.5. The molecule has 0 aromatic heterocycles. The van der Waals surface area contributed by atoms with Crippen LogP contribution in [0.2, 0.25) is 5.02 Å². The van der Waals surface area contributed by atoms with E-state index in [-0.39, 0.29) is 12.1 Å². The Hall–Kier alpha value is -0.930. The molecule has 1 unspecified atom stereocenters. The summed E-state index contributed by atoms with van der Waals surface area (Å²) in [6, 6.07) is 4.02. The maximum atomic E-state index is 6.26. The fourth-order valence-corrected chi connectivity index (χ4v) is 2.89. The number of hydrogen-bond donors (Lipinski definition) is 1. The van der Waals surface area contributed by atoms with Crippen LogP contribution in [0.3, 0.4) is 0 Å². The molecule has 0 amide bonds. The van der Waals surface area contributed by atoms with Gasteiger partial charge >= 0.3 is 0 Å². The predicted molar refractivity (Wildman–Crippen MR) is 78.2 cm³/mol. The zero-order chi connectivity index (χ0) is 13.8. The molecule has 106 valence electrons. The number of halogens is 1. The predicted octanol–water partition coefficient (Wildman–Crippen LogP) is 3.56. The van der Waals surface area contributed by atoms with Crippen molar-refractivity contribution >= 4 is 11.6 Å². The highest BCUT2D eigenvalue weighted by molar-refractivity contribution is 6.32. The summed E-state index contributed by atoms with van der Waals surface area (Å²) in [6.07, 6.45) is 5.76. The number of ether oxygens (including phenoxy) is 2. The van der Waals surface area contributed by atoms with E-state index in [0.717, 1.165) is 30.6 Å². The first-order valence-electron chi connectivity index (χ1n) is 6.88. The third-order valence-corrected chi connectivity index (χ3v) is 3.71. The Morgan fingerprint density at radius 2 is 2.05 bits per heavy atom. The Balaban J connectivity index is 2.23. The third-order valence-electron chi connectivity index (χ3n) is 3.43. The highest BCUT2D eigenvalue weighted by atomic mass is 35.5. The van der Waals surface area contributed by atoms with E-state index in [1.165, 1.54) is 12.8 Å². The monoisotopic (exact) mass is 283 g/mol. The topological polar surface area (TPSA) is 44.5 Å². The SMILES string of the molecule is COc1c(Cl)cc(CC(C)N)cc1OC1CCCC1. The molecule has 1 atom stereocenters. The fourth-order valence-electron chi connectivity index (χ4n) is 2.58. The first-order chi connectivity index (χ1) is 9.10. The molecule has 0 heterocycles. The van der Waals surface area contributed by atoms with E-state index in [0.29, 0.717) is 10.8 Å². The zero-order valence-electron chi connectivity index (χ0n) is 11.6. The van der Waals surface area contributed by atoms with Gasteiger partial charge in [0.15, 0.2) is 11.5 Å². The second-order valence-electron chi connectivity index (χ2n) is 5.31. The van der Waals surface area contributed by atoms with Gasteiger partial charge in [0, 0.05) is 6.04 Å². The summed E-state index contributed by atoms with van der Waals surface area (Å²) in [5, 5.41) is 0.591. The van der Waals surface area contributed by atoms with Crippen LogP contribution in [-0.4, -0.2) is 19.3 Å². The van der Waals surface area contributed by atoms with Crippen LogP contribution in [0.1, 0.15) is 38.2 Å². The summed E-state index contributed by atoms with van der Waals surface area (Å²) < 4.78 is 11.4. The summed E-state index contributed by atoms with van der Waals surface area (Å²) in [5.41, 5.74) is 6.94. The fraction of sp³-hybridized carbons (Fsp3) is 0.600. The molecule has 1 fully saturated rings. The van der Waals surface area contributed by atoms with Gasteiger partial charge in [-0.2, -0.15) is 0 Å². The Bertz CT molecular complexity index is 428. The van der Waals surface area contributed by atoms with E-state index in [9.17, 15) is 0 Å². The van der Waals surface area contributed by atoms with Gasteiger partial charge in [-0.25, -0.2) is 0 Å². The van der Waals surface area contributed by atoms with Crippen molar-refractivity contribution in [2.75, 3.05) is 7.11 Å². The van der Waals surface area contributed by atoms with Gasteiger partial charge in [0.05, 0.1) is 18.2 Å². The van der Waals surface area contributed by atoms with Crippen molar-refractivity contribution in [3.8, 4) is 11.5 Å². The summed E-state index contributed by atoms with van der Waals surface area (Å²) >= 11 is 6.26. The first kappa shape index (κ1) is 14.5. The van der Waals surface area contributed by atoms with Gasteiger partial charge in [-0.15, -0.1) is 0 Å². The Morgan fingerprint density at radius 1 is 1.37 bits per heavy atom. The molecular formula is C15H22ClNO2. The van der Waals surface area contributed by atoms with Crippen molar-refractivity contribution in [2.45, 2.75) is 51.2 Å². The van der Waals surface area contributed by atoms with Crippen LogP contribution < -0.4 is 15.2 Å². The van der Waals surface area contributed by atoms with Crippen molar-refractivity contribution in [2.24, 2.45) is 5.73 Å². The Kier molecular flexibility index (Phi) is 4.94. The molecule has 1 aromatic carbocycles. The molecule has 0 saturated heterocycles. The van der Waals surface area contributed by atoms with Crippen LogP contribution in [-0.2, 0) is 6.42 Å². The lowest BCUT2D eigenvalue weighted by Gasteiger charge is -2.18. The standard InChI is InChI=1S/C15H22ClNO2/c1-10(17)7-11-8-13(16)15(18-2)14(9-11)19-12-5-3-4-6-12/h8-10,12H,3-7,17H2,1-2H3. The minimum atomic E-state index is 0.101. The lowest BCUT2D eigenvalue weighted by atomic mass is 10.1. The van der Waals surface area contributed by atoms with Gasteiger partial charge in [-0.1, -0.05) is 11.6 Å². The largest absolute Gasteiger partial charge is 0.491 e. The number of nitrogens with two attached hydrogens (primary N) is 1. The van der Waals surface area contributed by atoms with Crippen molar-refractivity contribution in [1.29, 1.82) is 0 Å². The molecule has 3 nitrogen and oxygen atoms in total. The van der Waals surface area contributed by atoms with Gasteiger partial charge in [0.2, 0.25) is 0 Å². The first-order valence-corrected chi connectivity index (χ1v) is 7.26. The molecule has 1 aliphatic carbocycles. The van der Waals surface area contributed by atoms with Crippen molar-refractivity contribution in [1.82, 2.24) is 0 Å². The summed E-state index contributed by atoms with van der Waals surface area (Å²) in [6.45, 7) is 1.98. The number of hydrogen-bond acceptors (Lipinski definition) is 3. The minimum absolute atomic E-state index is 0.101. The van der Waals surface area contributed by atoms with E-state index in [4.69, 9.17) is 26.8 Å². The van der Waals surface area contributed by atoms with Gasteiger partial charge in [0.25, 0.3) is 0 Å². The summed E-state index contributed by atoms with van der Waals surface area (Å²) in [4.78, 5) is 0. The number of rotatable bonds is 5. The van der Waals surface area contributed by atoms with Crippen LogP contribution >= 0.6 is 11.6 Å². The van der Waals surface area contributed by atoms with Crippen molar-refractivity contribution in [3.05, 3.63) is 22.7 Å². The molecular weight excluding hydrogens is 262 g/mol. The Labute approximate surface area is 120 Å². The number of methoxy groups -OCH3 is 1. The molecule has 1 saturated carbocycles. The molecule has 2 rings (SSSR count). The smallest absolute Gasteiger partial charge is 0.179 e. The average molecular weight is 284 g/mol. The summed E-state index contributed by atoms with van der Waals surface area (Å²) in [7, 11) is 1.62. The molecule has 0 spiro atoms. The van der Waals surface area contributed by atoms with Crippen molar-refractivity contribution in [3.63, 3.8) is 0 Å². The third kappa shape index (κ3) is 3.77. The van der Waals surface area contributed by atoms with Gasteiger partial charge in [-0.05, 0) is 56.7 Å². The molecule has 2 N–H and O–H groups in total. The molecule has 0 bridgehead atoms. The van der Waals surface area contributed by atoms with Gasteiger partial charge in [0.1, 0.15) is 0 Å². The van der Waals surface area contributed by atoms with Crippen LogP contribution in [0.25, 0.3) is 0 Å². The van der Waals surface area contributed by atoms with Crippen molar-refractivity contribution < 1.29 is 9.47 Å². The average Bonchev–Trinajstić information content (AvgIpc) is 2.80. The lowest BCUT2D eigenvalue weighted by Crippen LogP contribution is -2.18. The van der Waals surface area contributed by atoms with Crippen LogP contribution in [0.4, 0.5) is 0 Å². The molecule has 19 heavy (non-hydrogen) atoms. The van der Waals surface area contributed by atoms with Gasteiger partial charge < -0.3 is 15.2 Å². The van der Waals surface area contributed by atoms with E-state index in [1.54, 1.807) is 7.11 Å². The molecule has 1 aromatic rings. The molecule has 4 heteroatoms. The Morgan fingerprint density at radius 3 is 2.63 bits per heavy atom. The molecule has 1 aliphatic rings. The van der Waals surface area contributed by atoms with E-state index < -0.39 is 0 Å². The van der Waals surface area contributed by atoms with E-state index in [1.807, 2.05) is 19.1 Å². The second-order valence-corrected chi connectivity index (χ2v) is 5.72. The quantitative estimate of drug-likeness (QED) is 0.899. The zero-order valence-corrected chi connectivity index (χ0v) is 12.4. The highest BCUT2D eigenvalue weighted by Gasteiger charge is 2.20. The molecule has 0 aliphatic heterocycles. The maximum absolute atomic E-state index is 6.26. The maximum Gasteiger partial charge on any atom is 0.179 e. The highest BCUT2D eigenvalue weighted by Crippen LogP contribution is 2.38. The van der Waals surface area contributed by atoms with Gasteiger partial charge in [-0.3, -0.25) is 0 Å². The molecule has 0 radical (unpaired) electrons. The van der Waals surface area contributed by atoms with Crippen LogP contribution in [0, 0.1) is 0 Å². The summed E-state index contributed by atoms with van der Waals surface area (Å²) in [5.74, 6) is 1.37. The number of benzene rings is 1.